The van der Waals surface area contributed by atoms with Crippen molar-refractivity contribution in [3.8, 4) is 0 Å². The van der Waals surface area contributed by atoms with Crippen LogP contribution in [0.25, 0.3) is 0 Å². The van der Waals surface area contributed by atoms with Crippen LogP contribution in [0.1, 0.15) is 58.6 Å². The second-order valence-corrected chi connectivity index (χ2v) is 5.92. The number of anilines is 1. The van der Waals surface area contributed by atoms with Crippen molar-refractivity contribution in [2.45, 2.75) is 65.1 Å². The van der Waals surface area contributed by atoms with Gasteiger partial charge in [-0.1, -0.05) is 13.0 Å². The van der Waals surface area contributed by atoms with Crippen LogP contribution >= 0.6 is 0 Å². The highest BCUT2D eigenvalue weighted by molar-refractivity contribution is 5.37. The lowest BCUT2D eigenvalue weighted by atomic mass is 10.1. The summed E-state index contributed by atoms with van der Waals surface area (Å²) in [5, 5.41) is 3.42. The van der Waals surface area contributed by atoms with Crippen LogP contribution in [0, 0.1) is 0 Å². The number of likely N-dealkylation sites (tertiary alicyclic amines) is 1. The summed E-state index contributed by atoms with van der Waals surface area (Å²) in [7, 11) is 0. The molecule has 0 saturated carbocycles. The highest BCUT2D eigenvalue weighted by Crippen LogP contribution is 2.33. The normalized spacial score (nSPS) is 21.8. The van der Waals surface area contributed by atoms with Gasteiger partial charge >= 0.3 is 0 Å². The third-order valence-electron chi connectivity index (χ3n) is 4.14. The lowest BCUT2D eigenvalue weighted by molar-refractivity contribution is 0.205. The van der Waals surface area contributed by atoms with E-state index in [9.17, 15) is 0 Å². The molecule has 1 fully saturated rings. The second kappa shape index (κ2) is 6.38. The van der Waals surface area contributed by atoms with Gasteiger partial charge in [-0.2, -0.15) is 0 Å². The van der Waals surface area contributed by atoms with Crippen LogP contribution in [0.5, 0.6) is 0 Å². The lowest BCUT2D eigenvalue weighted by Crippen LogP contribution is -2.30. The molecule has 0 aliphatic carbocycles. The molecule has 106 valence electrons. The molecule has 1 aromatic heterocycles. The Hall–Kier alpha value is -1.09. The summed E-state index contributed by atoms with van der Waals surface area (Å²) < 4.78 is 0. The van der Waals surface area contributed by atoms with Crippen molar-refractivity contribution in [1.29, 1.82) is 0 Å². The van der Waals surface area contributed by atoms with Crippen molar-refractivity contribution in [3.05, 3.63) is 23.9 Å². The third kappa shape index (κ3) is 3.47. The van der Waals surface area contributed by atoms with Crippen LogP contribution in [-0.2, 0) is 0 Å². The number of nitrogens with zero attached hydrogens (tertiary/aromatic N) is 2. The summed E-state index contributed by atoms with van der Waals surface area (Å²) in [5.74, 6) is 0.993. The first-order chi connectivity index (χ1) is 9.11. The number of hydrogen-bond acceptors (Lipinski definition) is 3. The molecular formula is C16H27N3. The molecule has 1 aromatic rings. The highest BCUT2D eigenvalue weighted by atomic mass is 15.2. The quantitative estimate of drug-likeness (QED) is 0.873. The fraction of sp³-hybridized carbons (Fsp3) is 0.688. The molecule has 1 aliphatic heterocycles. The summed E-state index contributed by atoms with van der Waals surface area (Å²) in [5.41, 5.74) is 1.36. The van der Waals surface area contributed by atoms with Crippen molar-refractivity contribution < 1.29 is 0 Å². The first kappa shape index (κ1) is 14.3. The topological polar surface area (TPSA) is 28.2 Å². The van der Waals surface area contributed by atoms with Gasteiger partial charge < -0.3 is 5.32 Å². The Balaban J connectivity index is 2.05. The maximum absolute atomic E-state index is 4.57. The molecule has 2 rings (SSSR count). The Morgan fingerprint density at radius 2 is 2.16 bits per heavy atom. The largest absolute Gasteiger partial charge is 0.368 e. The molecule has 0 spiro atoms. The van der Waals surface area contributed by atoms with Crippen LogP contribution < -0.4 is 5.32 Å². The lowest BCUT2D eigenvalue weighted by Gasteiger charge is -2.28. The van der Waals surface area contributed by atoms with Crippen LogP contribution in [0.4, 0.5) is 5.82 Å². The zero-order valence-corrected chi connectivity index (χ0v) is 12.7. The molecule has 19 heavy (non-hydrogen) atoms. The van der Waals surface area contributed by atoms with E-state index in [2.05, 4.69) is 61.2 Å². The van der Waals surface area contributed by atoms with E-state index in [-0.39, 0.29) is 0 Å². The summed E-state index contributed by atoms with van der Waals surface area (Å²) in [4.78, 5) is 7.15. The molecule has 0 bridgehead atoms. The Morgan fingerprint density at radius 3 is 2.74 bits per heavy atom. The molecule has 0 aromatic carbocycles. The Bertz CT molecular complexity index is 385. The molecule has 3 nitrogen and oxygen atoms in total. The maximum Gasteiger partial charge on any atom is 0.126 e. The van der Waals surface area contributed by atoms with Gasteiger partial charge in [0, 0.05) is 24.3 Å². The van der Waals surface area contributed by atoms with Gasteiger partial charge in [-0.05, 0) is 58.2 Å². The van der Waals surface area contributed by atoms with Crippen molar-refractivity contribution in [2.75, 3.05) is 11.9 Å². The van der Waals surface area contributed by atoms with Gasteiger partial charge in [0.1, 0.15) is 5.82 Å². The van der Waals surface area contributed by atoms with Crippen LogP contribution in [0.3, 0.4) is 0 Å². The molecule has 2 unspecified atom stereocenters. The predicted molar refractivity (Wildman–Crippen MR) is 81.4 cm³/mol. The first-order valence-electron chi connectivity index (χ1n) is 7.60. The second-order valence-electron chi connectivity index (χ2n) is 5.92. The minimum atomic E-state index is 0.483. The number of hydrogen-bond donors (Lipinski definition) is 1. The minimum Gasteiger partial charge on any atom is -0.368 e. The zero-order valence-electron chi connectivity index (χ0n) is 12.7. The molecule has 0 radical (unpaired) electrons. The van der Waals surface area contributed by atoms with E-state index in [0.717, 1.165) is 12.2 Å². The van der Waals surface area contributed by atoms with Crippen LogP contribution in [0.2, 0.25) is 0 Å². The van der Waals surface area contributed by atoms with E-state index in [4.69, 9.17) is 0 Å². The fourth-order valence-electron chi connectivity index (χ4n) is 2.81. The molecule has 1 aliphatic rings. The van der Waals surface area contributed by atoms with E-state index in [0.29, 0.717) is 18.1 Å². The van der Waals surface area contributed by atoms with Crippen molar-refractivity contribution in [2.24, 2.45) is 0 Å². The summed E-state index contributed by atoms with van der Waals surface area (Å²) in [6.45, 7) is 10.2. The average molecular weight is 261 g/mol. The monoisotopic (exact) mass is 261 g/mol. The summed E-state index contributed by atoms with van der Waals surface area (Å²) in [6, 6.07) is 6.02. The zero-order chi connectivity index (χ0) is 13.8. The van der Waals surface area contributed by atoms with Gasteiger partial charge in [0.2, 0.25) is 0 Å². The summed E-state index contributed by atoms with van der Waals surface area (Å²) in [6.07, 6.45) is 5.73. The van der Waals surface area contributed by atoms with Crippen LogP contribution in [-0.4, -0.2) is 28.5 Å². The molecule has 2 atom stereocenters. The van der Waals surface area contributed by atoms with Gasteiger partial charge in [-0.3, -0.25) is 4.90 Å². The molecule has 2 heterocycles. The van der Waals surface area contributed by atoms with Gasteiger partial charge in [0.05, 0.1) is 0 Å². The Kier molecular flexibility index (Phi) is 4.81. The fourth-order valence-corrected chi connectivity index (χ4v) is 2.81. The molecule has 1 N–H and O–H groups in total. The maximum atomic E-state index is 4.57. The van der Waals surface area contributed by atoms with Gasteiger partial charge in [0.15, 0.2) is 0 Å². The smallest absolute Gasteiger partial charge is 0.126 e. The van der Waals surface area contributed by atoms with E-state index in [1.54, 1.807) is 0 Å². The number of pyridine rings is 1. The highest BCUT2D eigenvalue weighted by Gasteiger charge is 2.27. The van der Waals surface area contributed by atoms with E-state index < -0.39 is 0 Å². The van der Waals surface area contributed by atoms with Crippen molar-refractivity contribution in [1.82, 2.24) is 9.88 Å². The van der Waals surface area contributed by atoms with Gasteiger partial charge in [-0.15, -0.1) is 0 Å². The number of aromatic nitrogens is 1. The van der Waals surface area contributed by atoms with Crippen molar-refractivity contribution >= 4 is 5.82 Å². The van der Waals surface area contributed by atoms with E-state index in [1.807, 2.05) is 0 Å². The Morgan fingerprint density at radius 1 is 1.37 bits per heavy atom. The van der Waals surface area contributed by atoms with Gasteiger partial charge in [-0.25, -0.2) is 4.98 Å². The van der Waals surface area contributed by atoms with Gasteiger partial charge in [0.25, 0.3) is 0 Å². The molecule has 3 heteroatoms. The molecule has 0 amide bonds. The molecule has 1 saturated heterocycles. The Labute approximate surface area is 117 Å². The predicted octanol–water partition coefficient (Wildman–Crippen LogP) is 3.84. The van der Waals surface area contributed by atoms with Crippen molar-refractivity contribution in [3.63, 3.8) is 0 Å². The minimum absolute atomic E-state index is 0.483. The van der Waals surface area contributed by atoms with Crippen LogP contribution in [0.15, 0.2) is 18.3 Å². The SMILES string of the molecule is CCC(C)Nc1ccc(C2CCCN2C(C)C)cn1. The van der Waals surface area contributed by atoms with E-state index >= 15 is 0 Å². The summed E-state index contributed by atoms with van der Waals surface area (Å²) >= 11 is 0. The van der Waals surface area contributed by atoms with E-state index in [1.165, 1.54) is 24.9 Å². The standard InChI is InChI=1S/C16H27N3/c1-5-13(4)18-16-9-8-14(11-17-16)15-7-6-10-19(15)12(2)3/h8-9,11-13,15H,5-7,10H2,1-4H3,(H,17,18). The number of rotatable bonds is 5. The average Bonchev–Trinajstić information content (AvgIpc) is 2.89. The third-order valence-corrected chi connectivity index (χ3v) is 4.14. The first-order valence-corrected chi connectivity index (χ1v) is 7.60. The number of nitrogens with one attached hydrogen (secondary N) is 1. The molecular weight excluding hydrogens is 234 g/mol.